The average molecular weight is 602 g/mol. The number of rotatable bonds is 3. The van der Waals surface area contributed by atoms with Crippen LogP contribution in [0.5, 0.6) is 0 Å². The second-order valence-electron chi connectivity index (χ2n) is 12.1. The molecule has 1 aliphatic rings. The Bertz CT molecular complexity index is 2640. The summed E-state index contributed by atoms with van der Waals surface area (Å²) in [6.45, 7) is 0. The summed E-state index contributed by atoms with van der Waals surface area (Å²) in [6, 6.07) is 60.2. The van der Waals surface area contributed by atoms with Gasteiger partial charge >= 0.3 is 0 Å². The molecule has 1 aliphatic heterocycles. The van der Waals surface area contributed by atoms with E-state index in [-0.39, 0.29) is 0 Å². The number of nitrogens with zero attached hydrogens (tertiary/aromatic N) is 1. The van der Waals surface area contributed by atoms with Gasteiger partial charge in [-0.2, -0.15) is 0 Å². The normalized spacial score (nSPS) is 12.3. The molecule has 0 aliphatic carbocycles. The van der Waals surface area contributed by atoms with E-state index >= 15 is 0 Å². The number of hydrogen-bond acceptors (Lipinski definition) is 1. The first-order valence-electron chi connectivity index (χ1n) is 15.8. The van der Waals surface area contributed by atoms with Gasteiger partial charge in [0.05, 0.1) is 11.0 Å². The minimum Gasteiger partial charge on any atom is -0.309 e. The van der Waals surface area contributed by atoms with E-state index < -0.39 is 0 Å². The van der Waals surface area contributed by atoms with Gasteiger partial charge in [0.2, 0.25) is 0 Å². The van der Waals surface area contributed by atoms with Crippen molar-refractivity contribution < 1.29 is 0 Å². The van der Waals surface area contributed by atoms with E-state index in [0.29, 0.717) is 0 Å². The molecule has 0 amide bonds. The quantitative estimate of drug-likeness (QED) is 0.195. The summed E-state index contributed by atoms with van der Waals surface area (Å²) in [4.78, 5) is 2.66. The smallest absolute Gasteiger partial charge is 0.0619 e. The Balaban J connectivity index is 1.09. The van der Waals surface area contributed by atoms with Gasteiger partial charge in [0.1, 0.15) is 0 Å². The van der Waals surface area contributed by atoms with Crippen molar-refractivity contribution in [2.24, 2.45) is 0 Å². The van der Waals surface area contributed by atoms with Gasteiger partial charge in [0.25, 0.3) is 0 Å². The monoisotopic (exact) mass is 601 g/mol. The molecule has 0 fully saturated rings. The lowest BCUT2D eigenvalue weighted by molar-refractivity contribution is 1.19. The van der Waals surface area contributed by atoms with Crippen LogP contribution in [-0.4, -0.2) is 4.57 Å². The lowest BCUT2D eigenvalue weighted by Gasteiger charge is -2.21. The highest BCUT2D eigenvalue weighted by atomic mass is 32.2. The van der Waals surface area contributed by atoms with E-state index in [1.54, 1.807) is 0 Å². The maximum absolute atomic E-state index is 2.44. The van der Waals surface area contributed by atoms with Crippen molar-refractivity contribution in [3.05, 3.63) is 164 Å². The Morgan fingerprint density at radius 2 is 1.07 bits per heavy atom. The molecule has 0 saturated carbocycles. The van der Waals surface area contributed by atoms with Crippen molar-refractivity contribution in [1.82, 2.24) is 4.57 Å². The molecular weight excluding hydrogens is 575 g/mol. The van der Waals surface area contributed by atoms with Crippen LogP contribution < -0.4 is 0 Å². The molecule has 46 heavy (non-hydrogen) atoms. The molecule has 0 bridgehead atoms. The Morgan fingerprint density at radius 1 is 0.391 bits per heavy atom. The van der Waals surface area contributed by atoms with Gasteiger partial charge in [-0.25, -0.2) is 0 Å². The van der Waals surface area contributed by atoms with Crippen LogP contribution in [0.15, 0.2) is 174 Å². The fourth-order valence-corrected chi connectivity index (χ4v) is 8.53. The topological polar surface area (TPSA) is 4.93 Å². The number of benzene rings is 8. The second kappa shape index (κ2) is 9.97. The summed E-state index contributed by atoms with van der Waals surface area (Å²) >= 11 is 1.88. The molecule has 0 N–H and O–H groups in total. The molecule has 1 aromatic heterocycles. The standard InChI is InChI=1S/C44H27NS/c1-2-11-34(12-3-1)45-40-27-33(21-23-36(40)38-24-20-30-8-4-5-13-35(30)44(38)45)29-18-16-28(17-19-29)32-22-25-41-39(26-32)37-14-6-9-31-10-7-15-42(46-41)43(31)37/h1-27H. The molecule has 10 rings (SSSR count). The first-order chi connectivity index (χ1) is 22.8. The molecule has 0 radical (unpaired) electrons. The van der Waals surface area contributed by atoms with Crippen molar-refractivity contribution in [3.63, 3.8) is 0 Å². The van der Waals surface area contributed by atoms with Gasteiger partial charge in [-0.3, -0.25) is 0 Å². The summed E-state index contributed by atoms with van der Waals surface area (Å²) in [5.41, 5.74) is 11.2. The van der Waals surface area contributed by atoms with E-state index in [1.807, 2.05) is 11.8 Å². The lowest BCUT2D eigenvalue weighted by Crippen LogP contribution is -1.94. The van der Waals surface area contributed by atoms with Crippen molar-refractivity contribution in [1.29, 1.82) is 0 Å². The Morgan fingerprint density at radius 3 is 1.91 bits per heavy atom. The second-order valence-corrected chi connectivity index (χ2v) is 13.2. The Hall–Kier alpha value is -5.57. The van der Waals surface area contributed by atoms with Gasteiger partial charge in [-0.1, -0.05) is 139 Å². The predicted octanol–water partition coefficient (Wildman–Crippen LogP) is 12.6. The third kappa shape index (κ3) is 3.84. The largest absolute Gasteiger partial charge is 0.309 e. The molecule has 0 spiro atoms. The summed E-state index contributed by atoms with van der Waals surface area (Å²) in [6.07, 6.45) is 0. The van der Waals surface area contributed by atoms with Crippen LogP contribution in [0.3, 0.4) is 0 Å². The SMILES string of the molecule is c1ccc(-n2c3cc(-c4ccc(-c5ccc6c(c5)-c5cccc7cccc(c57)S6)cc4)ccc3c3ccc4ccccc4c32)cc1. The molecule has 9 aromatic rings. The third-order valence-electron chi connectivity index (χ3n) is 9.58. The number of aromatic nitrogens is 1. The summed E-state index contributed by atoms with van der Waals surface area (Å²) in [7, 11) is 0. The van der Waals surface area contributed by atoms with Gasteiger partial charge < -0.3 is 4.57 Å². The minimum absolute atomic E-state index is 1.18. The molecule has 214 valence electrons. The summed E-state index contributed by atoms with van der Waals surface area (Å²) < 4.78 is 2.44. The Kier molecular flexibility index (Phi) is 5.58. The Labute approximate surface area is 271 Å². The van der Waals surface area contributed by atoms with Crippen LogP contribution in [0, 0.1) is 0 Å². The first-order valence-corrected chi connectivity index (χ1v) is 16.6. The van der Waals surface area contributed by atoms with E-state index in [2.05, 4.69) is 168 Å². The van der Waals surface area contributed by atoms with Crippen LogP contribution in [0.4, 0.5) is 0 Å². The van der Waals surface area contributed by atoms with Crippen LogP contribution in [0.25, 0.3) is 82.4 Å². The molecular formula is C44H27NS. The van der Waals surface area contributed by atoms with Gasteiger partial charge in [0.15, 0.2) is 0 Å². The van der Waals surface area contributed by atoms with Gasteiger partial charge in [-0.05, 0) is 80.6 Å². The molecule has 2 heteroatoms. The molecule has 0 atom stereocenters. The molecule has 8 aromatic carbocycles. The zero-order valence-corrected chi connectivity index (χ0v) is 25.8. The lowest BCUT2D eigenvalue weighted by atomic mass is 9.94. The van der Waals surface area contributed by atoms with Crippen molar-refractivity contribution in [2.45, 2.75) is 9.79 Å². The zero-order chi connectivity index (χ0) is 30.2. The highest BCUT2D eigenvalue weighted by Gasteiger charge is 2.20. The molecule has 2 heterocycles. The predicted molar refractivity (Wildman–Crippen MR) is 196 cm³/mol. The van der Waals surface area contributed by atoms with Crippen molar-refractivity contribution in [2.75, 3.05) is 0 Å². The summed E-state index contributed by atoms with van der Waals surface area (Å²) in [5, 5.41) is 7.75. The molecule has 0 saturated heterocycles. The fraction of sp³-hybridized carbons (Fsp3) is 0. The van der Waals surface area contributed by atoms with Crippen molar-refractivity contribution in [3.8, 4) is 39.1 Å². The average Bonchev–Trinajstić information content (AvgIpc) is 3.46. The first kappa shape index (κ1) is 25.7. The van der Waals surface area contributed by atoms with E-state index in [9.17, 15) is 0 Å². The third-order valence-corrected chi connectivity index (χ3v) is 10.7. The summed E-state index contributed by atoms with van der Waals surface area (Å²) in [5.74, 6) is 0. The number of para-hydroxylation sites is 1. The van der Waals surface area contributed by atoms with Gasteiger partial charge in [0, 0.05) is 37.0 Å². The fourth-order valence-electron chi connectivity index (χ4n) is 7.40. The van der Waals surface area contributed by atoms with E-state index in [4.69, 9.17) is 0 Å². The maximum atomic E-state index is 2.44. The minimum atomic E-state index is 1.18. The molecule has 1 nitrogen and oxygen atoms in total. The van der Waals surface area contributed by atoms with Crippen LogP contribution >= 0.6 is 11.8 Å². The van der Waals surface area contributed by atoms with Crippen LogP contribution in [-0.2, 0) is 0 Å². The van der Waals surface area contributed by atoms with Gasteiger partial charge in [-0.15, -0.1) is 0 Å². The van der Waals surface area contributed by atoms with Crippen molar-refractivity contribution >= 4 is 55.1 Å². The number of hydrogen-bond donors (Lipinski definition) is 0. The number of fused-ring (bicyclic) bond motifs is 7. The highest BCUT2D eigenvalue weighted by Crippen LogP contribution is 2.49. The van der Waals surface area contributed by atoms with Crippen LogP contribution in [0.2, 0.25) is 0 Å². The zero-order valence-electron chi connectivity index (χ0n) is 24.9. The van der Waals surface area contributed by atoms with E-state index in [1.165, 1.54) is 92.2 Å². The van der Waals surface area contributed by atoms with E-state index in [0.717, 1.165) is 0 Å². The molecule has 0 unspecified atom stereocenters. The maximum Gasteiger partial charge on any atom is 0.0619 e. The highest BCUT2D eigenvalue weighted by molar-refractivity contribution is 7.99. The van der Waals surface area contributed by atoms with Crippen LogP contribution in [0.1, 0.15) is 0 Å².